The Morgan fingerprint density at radius 1 is 1.33 bits per heavy atom. The van der Waals surface area contributed by atoms with Crippen LogP contribution in [0.15, 0.2) is 28.9 Å². The zero-order chi connectivity index (χ0) is 15.4. The second kappa shape index (κ2) is 6.62. The Morgan fingerprint density at radius 3 is 2.71 bits per heavy atom. The van der Waals surface area contributed by atoms with Crippen LogP contribution in [0.1, 0.15) is 17.3 Å². The van der Waals surface area contributed by atoms with Crippen molar-refractivity contribution in [1.82, 2.24) is 9.78 Å². The molecule has 21 heavy (non-hydrogen) atoms. The van der Waals surface area contributed by atoms with E-state index in [2.05, 4.69) is 21.0 Å². The summed E-state index contributed by atoms with van der Waals surface area (Å²) < 4.78 is 18.0. The second-order valence-corrected chi connectivity index (χ2v) is 4.93. The number of carbonyl (C=O) groups excluding carboxylic acids is 1. The Kier molecular flexibility index (Phi) is 4.85. The van der Waals surface area contributed by atoms with Gasteiger partial charge in [-0.1, -0.05) is 15.9 Å². The van der Waals surface area contributed by atoms with E-state index in [1.165, 1.54) is 18.0 Å². The summed E-state index contributed by atoms with van der Waals surface area (Å²) in [5, 5.41) is 4.20. The molecule has 0 bridgehead atoms. The average Bonchev–Trinajstić information content (AvgIpc) is 2.91. The molecular formula is C14H15BrN2O4. The first kappa shape index (κ1) is 15.4. The minimum absolute atomic E-state index is 0.265. The van der Waals surface area contributed by atoms with E-state index in [1.54, 1.807) is 20.1 Å². The number of ether oxygens (including phenoxy) is 3. The molecule has 0 radical (unpaired) electrons. The SMILES string of the molecule is CCOC(=O)c1cnn(-c2cc(Br)ccc2OC)c1OC. The molecule has 2 aromatic rings. The van der Waals surface area contributed by atoms with Crippen LogP contribution in [0.4, 0.5) is 0 Å². The Hall–Kier alpha value is -2.02. The summed E-state index contributed by atoms with van der Waals surface area (Å²) in [6.07, 6.45) is 1.41. The first-order valence-electron chi connectivity index (χ1n) is 6.25. The van der Waals surface area contributed by atoms with Gasteiger partial charge >= 0.3 is 5.97 Å². The highest BCUT2D eigenvalue weighted by Gasteiger charge is 2.22. The lowest BCUT2D eigenvalue weighted by atomic mass is 10.3. The van der Waals surface area contributed by atoms with E-state index in [0.29, 0.717) is 17.3 Å². The fourth-order valence-electron chi connectivity index (χ4n) is 1.88. The van der Waals surface area contributed by atoms with Gasteiger partial charge in [-0.3, -0.25) is 0 Å². The van der Waals surface area contributed by atoms with Crippen molar-refractivity contribution < 1.29 is 19.0 Å². The first-order chi connectivity index (χ1) is 10.1. The summed E-state index contributed by atoms with van der Waals surface area (Å²) in [6, 6.07) is 5.47. The van der Waals surface area contributed by atoms with Crippen molar-refractivity contribution in [3.05, 3.63) is 34.4 Å². The number of rotatable bonds is 5. The second-order valence-electron chi connectivity index (χ2n) is 4.02. The van der Waals surface area contributed by atoms with Crippen molar-refractivity contribution in [3.63, 3.8) is 0 Å². The number of nitrogens with zero attached hydrogens (tertiary/aromatic N) is 2. The van der Waals surface area contributed by atoms with Gasteiger partial charge < -0.3 is 14.2 Å². The van der Waals surface area contributed by atoms with Crippen LogP contribution >= 0.6 is 15.9 Å². The van der Waals surface area contributed by atoms with Crippen molar-refractivity contribution in [2.75, 3.05) is 20.8 Å². The van der Waals surface area contributed by atoms with E-state index >= 15 is 0 Å². The molecule has 0 spiro atoms. The highest BCUT2D eigenvalue weighted by molar-refractivity contribution is 9.10. The standard InChI is InChI=1S/C14H15BrN2O4/c1-4-21-14(18)10-8-16-17(13(10)20-3)11-7-9(15)5-6-12(11)19-2/h5-8H,4H2,1-3H3. The Labute approximate surface area is 130 Å². The monoisotopic (exact) mass is 354 g/mol. The quantitative estimate of drug-likeness (QED) is 0.772. The van der Waals surface area contributed by atoms with Crippen LogP contribution in [-0.2, 0) is 4.74 Å². The van der Waals surface area contributed by atoms with Gasteiger partial charge in [0.2, 0.25) is 5.88 Å². The van der Waals surface area contributed by atoms with Crippen LogP contribution < -0.4 is 9.47 Å². The highest BCUT2D eigenvalue weighted by Crippen LogP contribution is 2.31. The van der Waals surface area contributed by atoms with Gasteiger partial charge in [-0.25, -0.2) is 4.79 Å². The molecular weight excluding hydrogens is 340 g/mol. The van der Waals surface area contributed by atoms with E-state index in [-0.39, 0.29) is 12.2 Å². The Bertz CT molecular complexity index is 654. The Balaban J connectivity index is 2.55. The Morgan fingerprint density at radius 2 is 2.10 bits per heavy atom. The lowest BCUT2D eigenvalue weighted by molar-refractivity contribution is 0.0522. The molecule has 112 valence electrons. The molecule has 0 N–H and O–H groups in total. The van der Waals surface area contributed by atoms with Crippen LogP contribution in [0, 0.1) is 0 Å². The van der Waals surface area contributed by atoms with Crippen LogP contribution in [0.3, 0.4) is 0 Å². The van der Waals surface area contributed by atoms with Crippen molar-refractivity contribution in [1.29, 1.82) is 0 Å². The fourth-order valence-corrected chi connectivity index (χ4v) is 2.23. The zero-order valence-electron chi connectivity index (χ0n) is 11.9. The van der Waals surface area contributed by atoms with Crippen molar-refractivity contribution >= 4 is 21.9 Å². The molecule has 0 unspecified atom stereocenters. The molecule has 0 atom stereocenters. The molecule has 0 saturated carbocycles. The van der Waals surface area contributed by atoms with E-state index < -0.39 is 5.97 Å². The minimum Gasteiger partial charge on any atom is -0.494 e. The number of carbonyl (C=O) groups is 1. The molecule has 0 saturated heterocycles. The average molecular weight is 355 g/mol. The fraction of sp³-hybridized carbons (Fsp3) is 0.286. The predicted molar refractivity (Wildman–Crippen MR) is 80.3 cm³/mol. The molecule has 1 aromatic heterocycles. The summed E-state index contributed by atoms with van der Waals surface area (Å²) in [4.78, 5) is 11.9. The maximum atomic E-state index is 11.9. The van der Waals surface area contributed by atoms with Crippen LogP contribution in [0.2, 0.25) is 0 Å². The van der Waals surface area contributed by atoms with Gasteiger partial charge in [0.05, 0.1) is 27.0 Å². The number of hydrogen-bond donors (Lipinski definition) is 0. The highest BCUT2D eigenvalue weighted by atomic mass is 79.9. The molecule has 1 aromatic carbocycles. The minimum atomic E-state index is -0.477. The summed E-state index contributed by atoms with van der Waals surface area (Å²) in [5.74, 6) is 0.425. The van der Waals surface area contributed by atoms with E-state index in [4.69, 9.17) is 14.2 Å². The summed E-state index contributed by atoms with van der Waals surface area (Å²) >= 11 is 3.40. The van der Waals surface area contributed by atoms with Crippen molar-refractivity contribution in [2.24, 2.45) is 0 Å². The maximum absolute atomic E-state index is 11.9. The van der Waals surface area contributed by atoms with Gasteiger partial charge in [-0.05, 0) is 25.1 Å². The molecule has 2 rings (SSSR count). The van der Waals surface area contributed by atoms with Crippen LogP contribution in [0.5, 0.6) is 11.6 Å². The van der Waals surface area contributed by atoms with Gasteiger partial charge in [0.1, 0.15) is 17.0 Å². The molecule has 0 aliphatic carbocycles. The molecule has 0 aliphatic heterocycles. The summed E-state index contributed by atoms with van der Waals surface area (Å²) in [5.41, 5.74) is 0.917. The van der Waals surface area contributed by atoms with Crippen molar-refractivity contribution in [2.45, 2.75) is 6.92 Å². The third-order valence-corrected chi connectivity index (χ3v) is 3.28. The van der Waals surface area contributed by atoms with Crippen LogP contribution in [0.25, 0.3) is 5.69 Å². The largest absolute Gasteiger partial charge is 0.494 e. The van der Waals surface area contributed by atoms with Gasteiger partial charge in [0.15, 0.2) is 0 Å². The van der Waals surface area contributed by atoms with Gasteiger partial charge in [-0.2, -0.15) is 9.78 Å². The summed E-state index contributed by atoms with van der Waals surface area (Å²) in [6.45, 7) is 2.03. The number of aromatic nitrogens is 2. The predicted octanol–water partition coefficient (Wildman–Crippen LogP) is 2.83. The molecule has 0 fully saturated rings. The molecule has 0 aliphatic rings. The van der Waals surface area contributed by atoms with E-state index in [1.807, 2.05) is 12.1 Å². The van der Waals surface area contributed by atoms with Gasteiger partial charge in [0.25, 0.3) is 0 Å². The lowest BCUT2D eigenvalue weighted by Gasteiger charge is -2.12. The molecule has 6 nitrogen and oxygen atoms in total. The summed E-state index contributed by atoms with van der Waals surface area (Å²) in [7, 11) is 3.04. The molecule has 0 amide bonds. The molecule has 1 heterocycles. The number of benzene rings is 1. The van der Waals surface area contributed by atoms with Gasteiger partial charge in [-0.15, -0.1) is 0 Å². The van der Waals surface area contributed by atoms with Gasteiger partial charge in [0, 0.05) is 4.47 Å². The third kappa shape index (κ3) is 3.02. The van der Waals surface area contributed by atoms with Crippen molar-refractivity contribution in [3.8, 4) is 17.3 Å². The molecule has 7 heteroatoms. The zero-order valence-corrected chi connectivity index (χ0v) is 13.5. The maximum Gasteiger partial charge on any atom is 0.345 e. The normalized spacial score (nSPS) is 10.3. The topological polar surface area (TPSA) is 62.6 Å². The first-order valence-corrected chi connectivity index (χ1v) is 7.04. The van der Waals surface area contributed by atoms with Crippen LogP contribution in [-0.4, -0.2) is 36.6 Å². The number of hydrogen-bond acceptors (Lipinski definition) is 5. The third-order valence-electron chi connectivity index (χ3n) is 2.78. The van der Waals surface area contributed by atoms with E-state index in [0.717, 1.165) is 4.47 Å². The number of halogens is 1. The number of methoxy groups -OCH3 is 2. The van der Waals surface area contributed by atoms with E-state index in [9.17, 15) is 4.79 Å². The number of esters is 1. The lowest BCUT2D eigenvalue weighted by Crippen LogP contribution is -2.07. The smallest absolute Gasteiger partial charge is 0.345 e.